The number of carbonyl (C=O) groups excluding carboxylic acids is 1. The zero-order valence-corrected chi connectivity index (χ0v) is 12.7. The monoisotopic (exact) mass is 288 g/mol. The number of amides is 1. The fraction of sp³-hybridized carbons (Fsp3) is 0.471. The van der Waals surface area contributed by atoms with Gasteiger partial charge < -0.3 is 15.0 Å². The molecule has 1 aliphatic heterocycles. The maximum atomic E-state index is 12.2. The normalized spacial score (nSPS) is 17.5. The Kier molecular flexibility index (Phi) is 5.81. The quantitative estimate of drug-likeness (QED) is 0.783. The minimum atomic E-state index is 0.196. The van der Waals surface area contributed by atoms with Crippen molar-refractivity contribution in [1.29, 1.82) is 0 Å². The lowest BCUT2D eigenvalue weighted by atomic mass is 10.1. The molecule has 1 amide bonds. The van der Waals surface area contributed by atoms with Crippen LogP contribution in [0.15, 0.2) is 36.9 Å². The first-order valence-corrected chi connectivity index (χ1v) is 7.49. The van der Waals surface area contributed by atoms with Gasteiger partial charge in [-0.2, -0.15) is 0 Å². The summed E-state index contributed by atoms with van der Waals surface area (Å²) in [5.74, 6) is 1.02. The van der Waals surface area contributed by atoms with Crippen molar-refractivity contribution < 1.29 is 9.53 Å². The Morgan fingerprint density at radius 1 is 1.48 bits per heavy atom. The van der Waals surface area contributed by atoms with Crippen molar-refractivity contribution in [3.8, 4) is 5.75 Å². The van der Waals surface area contributed by atoms with Gasteiger partial charge in [0.15, 0.2) is 0 Å². The molecule has 1 aromatic rings. The van der Waals surface area contributed by atoms with E-state index in [-0.39, 0.29) is 5.91 Å². The van der Waals surface area contributed by atoms with Gasteiger partial charge in [-0.15, -0.1) is 0 Å². The third kappa shape index (κ3) is 4.90. The molecule has 114 valence electrons. The number of hydrogen-bond acceptors (Lipinski definition) is 3. The van der Waals surface area contributed by atoms with Crippen LogP contribution in [0.2, 0.25) is 0 Å². The highest BCUT2D eigenvalue weighted by Crippen LogP contribution is 2.15. The van der Waals surface area contributed by atoms with Gasteiger partial charge in [0.05, 0.1) is 0 Å². The van der Waals surface area contributed by atoms with Gasteiger partial charge in [-0.05, 0) is 37.1 Å². The lowest BCUT2D eigenvalue weighted by molar-refractivity contribution is -0.130. The lowest BCUT2D eigenvalue weighted by Gasteiger charge is -2.19. The highest BCUT2D eigenvalue weighted by molar-refractivity contribution is 5.76. The molecule has 4 heteroatoms. The first-order valence-electron chi connectivity index (χ1n) is 7.49. The van der Waals surface area contributed by atoms with Gasteiger partial charge in [0.1, 0.15) is 12.4 Å². The summed E-state index contributed by atoms with van der Waals surface area (Å²) in [6.45, 7) is 5.79. The Labute approximate surface area is 126 Å². The lowest BCUT2D eigenvalue weighted by Crippen LogP contribution is -2.33. The van der Waals surface area contributed by atoms with E-state index in [4.69, 9.17) is 4.74 Å². The second-order valence-corrected chi connectivity index (χ2v) is 5.49. The topological polar surface area (TPSA) is 41.6 Å². The molecule has 1 heterocycles. The molecule has 0 aliphatic carbocycles. The van der Waals surface area contributed by atoms with Crippen LogP contribution in [0.1, 0.15) is 24.8 Å². The van der Waals surface area contributed by atoms with E-state index in [0.29, 0.717) is 25.6 Å². The molecule has 1 unspecified atom stereocenters. The van der Waals surface area contributed by atoms with Crippen LogP contribution in [0.3, 0.4) is 0 Å². The number of rotatable bonds is 7. The van der Waals surface area contributed by atoms with E-state index in [9.17, 15) is 4.79 Å². The highest BCUT2D eigenvalue weighted by Gasteiger charge is 2.19. The average Bonchev–Trinajstić information content (AvgIpc) is 2.99. The van der Waals surface area contributed by atoms with E-state index in [1.807, 2.05) is 31.3 Å². The number of benzene rings is 1. The number of nitrogens with zero attached hydrogens (tertiary/aromatic N) is 1. The summed E-state index contributed by atoms with van der Waals surface area (Å²) in [5.41, 5.74) is 1.11. The smallest absolute Gasteiger partial charge is 0.224 e. The molecule has 1 N–H and O–H groups in total. The van der Waals surface area contributed by atoms with Gasteiger partial charge in [-0.25, -0.2) is 0 Å². The van der Waals surface area contributed by atoms with E-state index in [0.717, 1.165) is 24.3 Å². The summed E-state index contributed by atoms with van der Waals surface area (Å²) in [6.07, 6.45) is 4.59. The Hall–Kier alpha value is -1.81. The second-order valence-electron chi connectivity index (χ2n) is 5.49. The third-order valence-electron chi connectivity index (χ3n) is 3.72. The van der Waals surface area contributed by atoms with Gasteiger partial charge in [0, 0.05) is 26.1 Å². The molecule has 21 heavy (non-hydrogen) atoms. The number of hydrogen-bond donors (Lipinski definition) is 1. The number of carbonyl (C=O) groups is 1. The zero-order chi connectivity index (χ0) is 15.1. The van der Waals surface area contributed by atoms with Crippen LogP contribution in [-0.2, 0) is 11.3 Å². The van der Waals surface area contributed by atoms with Crippen LogP contribution < -0.4 is 10.1 Å². The Bertz CT molecular complexity index is 464. The van der Waals surface area contributed by atoms with E-state index >= 15 is 0 Å². The molecule has 1 saturated heterocycles. The molecular weight excluding hydrogens is 264 g/mol. The number of nitrogens with one attached hydrogen (secondary N) is 1. The zero-order valence-electron chi connectivity index (χ0n) is 12.7. The second kappa shape index (κ2) is 7.84. The molecule has 1 aromatic carbocycles. The predicted octanol–water partition coefficient (Wildman–Crippen LogP) is 2.35. The third-order valence-corrected chi connectivity index (χ3v) is 3.72. The van der Waals surface area contributed by atoms with Gasteiger partial charge in [-0.1, -0.05) is 24.8 Å². The van der Waals surface area contributed by atoms with Gasteiger partial charge in [0.25, 0.3) is 0 Å². The van der Waals surface area contributed by atoms with Crippen molar-refractivity contribution >= 4 is 5.91 Å². The largest absolute Gasteiger partial charge is 0.490 e. The van der Waals surface area contributed by atoms with Crippen molar-refractivity contribution in [3.05, 3.63) is 42.5 Å². The fourth-order valence-electron chi connectivity index (χ4n) is 2.51. The predicted molar refractivity (Wildman–Crippen MR) is 84.2 cm³/mol. The van der Waals surface area contributed by atoms with Crippen molar-refractivity contribution in [2.24, 2.45) is 0 Å². The van der Waals surface area contributed by atoms with Gasteiger partial charge in [0.2, 0.25) is 5.91 Å². The molecule has 2 rings (SSSR count). The Morgan fingerprint density at radius 3 is 2.86 bits per heavy atom. The summed E-state index contributed by atoms with van der Waals surface area (Å²) in [7, 11) is 1.86. The molecule has 0 saturated carbocycles. The summed E-state index contributed by atoms with van der Waals surface area (Å²) >= 11 is 0. The van der Waals surface area contributed by atoms with E-state index < -0.39 is 0 Å². The molecule has 1 fully saturated rings. The van der Waals surface area contributed by atoms with Crippen LogP contribution in [0, 0.1) is 0 Å². The minimum Gasteiger partial charge on any atom is -0.490 e. The van der Waals surface area contributed by atoms with Crippen molar-refractivity contribution in [3.63, 3.8) is 0 Å². The molecule has 4 nitrogen and oxygen atoms in total. The maximum absolute atomic E-state index is 12.2. The SMILES string of the molecule is C=CCOc1ccc(CN(C)C(=O)CC2CCCN2)cc1. The first kappa shape index (κ1) is 15.6. The average molecular weight is 288 g/mol. The fourth-order valence-corrected chi connectivity index (χ4v) is 2.51. The maximum Gasteiger partial charge on any atom is 0.224 e. The van der Waals surface area contributed by atoms with Crippen LogP contribution in [0.4, 0.5) is 0 Å². The first-order chi connectivity index (χ1) is 10.2. The molecule has 1 aliphatic rings. The molecule has 0 spiro atoms. The van der Waals surface area contributed by atoms with Crippen molar-refractivity contribution in [2.45, 2.75) is 31.8 Å². The molecule has 0 aromatic heterocycles. The molecule has 0 bridgehead atoms. The van der Waals surface area contributed by atoms with E-state index in [1.165, 1.54) is 6.42 Å². The standard InChI is InChI=1S/C17H24N2O2/c1-3-11-21-16-8-6-14(7-9-16)13-19(2)17(20)12-15-5-4-10-18-15/h3,6-9,15,18H,1,4-5,10-13H2,2H3. The number of ether oxygens (including phenoxy) is 1. The van der Waals surface area contributed by atoms with Crippen molar-refractivity contribution in [2.75, 3.05) is 20.2 Å². The van der Waals surface area contributed by atoms with Crippen LogP contribution in [-0.4, -0.2) is 37.0 Å². The van der Waals surface area contributed by atoms with Gasteiger partial charge in [-0.3, -0.25) is 4.79 Å². The molecule has 0 radical (unpaired) electrons. The van der Waals surface area contributed by atoms with E-state index in [2.05, 4.69) is 11.9 Å². The summed E-state index contributed by atoms with van der Waals surface area (Å²) in [6, 6.07) is 8.20. The van der Waals surface area contributed by atoms with E-state index in [1.54, 1.807) is 11.0 Å². The highest BCUT2D eigenvalue weighted by atomic mass is 16.5. The molecular formula is C17H24N2O2. The Morgan fingerprint density at radius 2 is 2.24 bits per heavy atom. The minimum absolute atomic E-state index is 0.196. The summed E-state index contributed by atoms with van der Waals surface area (Å²) < 4.78 is 5.44. The van der Waals surface area contributed by atoms with Crippen molar-refractivity contribution in [1.82, 2.24) is 10.2 Å². The van der Waals surface area contributed by atoms with Crippen LogP contribution in [0.5, 0.6) is 5.75 Å². The summed E-state index contributed by atoms with van der Waals surface area (Å²) in [5, 5.41) is 3.36. The van der Waals surface area contributed by atoms with Gasteiger partial charge >= 0.3 is 0 Å². The van der Waals surface area contributed by atoms with Crippen LogP contribution >= 0.6 is 0 Å². The van der Waals surface area contributed by atoms with Crippen LogP contribution in [0.25, 0.3) is 0 Å². The molecule has 1 atom stereocenters. The Balaban J connectivity index is 1.81. The summed E-state index contributed by atoms with van der Waals surface area (Å²) in [4.78, 5) is 14.0.